The summed E-state index contributed by atoms with van der Waals surface area (Å²) in [6.45, 7) is 0.325. The third-order valence-corrected chi connectivity index (χ3v) is 5.88. The Morgan fingerprint density at radius 1 is 1.35 bits per heavy atom. The summed E-state index contributed by atoms with van der Waals surface area (Å²) < 4.78 is 23.6. The van der Waals surface area contributed by atoms with E-state index in [4.69, 9.17) is 5.73 Å². The largest absolute Gasteiger partial charge is 0.370 e. The van der Waals surface area contributed by atoms with Crippen LogP contribution in [0.25, 0.3) is 0 Å². The molecule has 0 aromatic rings. The molecule has 0 amide bonds. The number of hydrogen-bond acceptors (Lipinski definition) is 3. The van der Waals surface area contributed by atoms with E-state index in [1.807, 2.05) is 11.9 Å². The van der Waals surface area contributed by atoms with E-state index >= 15 is 0 Å². The van der Waals surface area contributed by atoms with Gasteiger partial charge in [0, 0.05) is 13.1 Å². The molecule has 5 nitrogen and oxygen atoms in total. The molecule has 1 atom stereocenters. The smallest absolute Gasteiger partial charge is 0.191 e. The van der Waals surface area contributed by atoms with Crippen LogP contribution in [0.5, 0.6) is 0 Å². The molecule has 2 rings (SSSR count). The van der Waals surface area contributed by atoms with Crippen molar-refractivity contribution in [1.82, 2.24) is 4.90 Å². The van der Waals surface area contributed by atoms with Gasteiger partial charge in [-0.3, -0.25) is 4.99 Å². The Hall–Kier alpha value is -0.780. The van der Waals surface area contributed by atoms with Gasteiger partial charge in [-0.2, -0.15) is 0 Å². The molecule has 0 aromatic heterocycles. The lowest BCUT2D eigenvalue weighted by Gasteiger charge is -2.22. The Kier molecular flexibility index (Phi) is 3.61. The van der Waals surface area contributed by atoms with Crippen LogP contribution in [0.4, 0.5) is 0 Å². The second-order valence-electron chi connectivity index (χ2n) is 5.03. The van der Waals surface area contributed by atoms with E-state index in [-0.39, 0.29) is 5.25 Å². The number of guanidine groups is 1. The first-order chi connectivity index (χ1) is 8.00. The van der Waals surface area contributed by atoms with Crippen LogP contribution in [-0.2, 0) is 9.84 Å². The Bertz CT molecular complexity index is 401. The van der Waals surface area contributed by atoms with E-state index in [0.29, 0.717) is 24.3 Å². The van der Waals surface area contributed by atoms with Crippen molar-refractivity contribution < 1.29 is 8.42 Å². The van der Waals surface area contributed by atoms with E-state index in [2.05, 4.69) is 4.99 Å². The Morgan fingerprint density at radius 3 is 2.65 bits per heavy atom. The summed E-state index contributed by atoms with van der Waals surface area (Å²) in [5.41, 5.74) is 5.84. The minimum atomic E-state index is -2.93. The second-order valence-corrected chi connectivity index (χ2v) is 7.43. The van der Waals surface area contributed by atoms with E-state index < -0.39 is 9.84 Å². The van der Waals surface area contributed by atoms with Crippen LogP contribution in [0, 0.1) is 0 Å². The molecule has 1 aliphatic heterocycles. The van der Waals surface area contributed by atoms with Crippen LogP contribution >= 0.6 is 0 Å². The van der Waals surface area contributed by atoms with Gasteiger partial charge in [-0.05, 0) is 25.7 Å². The average molecular weight is 259 g/mol. The molecule has 0 bridgehead atoms. The minimum Gasteiger partial charge on any atom is -0.370 e. The van der Waals surface area contributed by atoms with E-state index in [1.54, 1.807) is 0 Å². The number of nitrogens with two attached hydrogens (primary N) is 1. The van der Waals surface area contributed by atoms with Crippen LogP contribution in [0.2, 0.25) is 0 Å². The highest BCUT2D eigenvalue weighted by Gasteiger charge is 2.30. The van der Waals surface area contributed by atoms with Crippen molar-refractivity contribution in [2.75, 3.05) is 19.3 Å². The molecule has 0 spiro atoms. The number of sulfone groups is 1. The molecular weight excluding hydrogens is 238 g/mol. The third kappa shape index (κ3) is 3.12. The van der Waals surface area contributed by atoms with Crippen molar-refractivity contribution >= 4 is 15.8 Å². The van der Waals surface area contributed by atoms with E-state index in [0.717, 1.165) is 32.1 Å². The van der Waals surface area contributed by atoms with Gasteiger partial charge in [0.15, 0.2) is 15.8 Å². The SMILES string of the molecule is CN(C(N)=NCC1CCCCS1(=O)=O)C1CC1. The second kappa shape index (κ2) is 4.84. The fourth-order valence-corrected chi connectivity index (χ4v) is 3.95. The van der Waals surface area contributed by atoms with Crippen LogP contribution in [0.15, 0.2) is 4.99 Å². The number of nitrogens with zero attached hydrogens (tertiary/aromatic N) is 2. The normalized spacial score (nSPS) is 29.0. The van der Waals surface area contributed by atoms with Crippen LogP contribution in [0.1, 0.15) is 32.1 Å². The van der Waals surface area contributed by atoms with Gasteiger partial charge in [0.25, 0.3) is 0 Å². The zero-order valence-corrected chi connectivity index (χ0v) is 11.1. The van der Waals surface area contributed by atoms with Crippen LogP contribution in [-0.4, -0.2) is 49.9 Å². The molecule has 0 radical (unpaired) electrons. The fraction of sp³-hybridized carbons (Fsp3) is 0.909. The molecule has 1 saturated heterocycles. The molecule has 1 heterocycles. The highest BCUT2D eigenvalue weighted by atomic mass is 32.2. The Labute approximate surface area is 103 Å². The lowest BCUT2D eigenvalue weighted by atomic mass is 10.2. The van der Waals surface area contributed by atoms with Gasteiger partial charge < -0.3 is 10.6 Å². The summed E-state index contributed by atoms with van der Waals surface area (Å²) in [6, 6.07) is 0.515. The van der Waals surface area contributed by atoms with Crippen LogP contribution < -0.4 is 5.73 Å². The summed E-state index contributed by atoms with van der Waals surface area (Å²) >= 11 is 0. The van der Waals surface area contributed by atoms with Gasteiger partial charge in [-0.15, -0.1) is 0 Å². The number of hydrogen-bond donors (Lipinski definition) is 1. The highest BCUT2D eigenvalue weighted by molar-refractivity contribution is 7.92. The van der Waals surface area contributed by atoms with E-state index in [1.165, 1.54) is 0 Å². The maximum absolute atomic E-state index is 11.8. The lowest BCUT2D eigenvalue weighted by molar-refractivity contribution is 0.485. The highest BCUT2D eigenvalue weighted by Crippen LogP contribution is 2.25. The van der Waals surface area contributed by atoms with Crippen molar-refractivity contribution in [1.29, 1.82) is 0 Å². The van der Waals surface area contributed by atoms with Crippen molar-refractivity contribution in [3.8, 4) is 0 Å². The quantitative estimate of drug-likeness (QED) is 0.586. The lowest BCUT2D eigenvalue weighted by Crippen LogP contribution is -2.37. The molecule has 2 aliphatic rings. The molecule has 0 aromatic carbocycles. The first kappa shape index (κ1) is 12.7. The standard InChI is InChI=1S/C11H21N3O2S/c1-14(9-5-6-9)11(12)13-8-10-4-2-3-7-17(10,15)16/h9-10H,2-8H2,1H3,(H2,12,13). The Morgan fingerprint density at radius 2 is 2.06 bits per heavy atom. The van der Waals surface area contributed by atoms with Gasteiger partial charge >= 0.3 is 0 Å². The van der Waals surface area contributed by atoms with Gasteiger partial charge in [-0.1, -0.05) is 6.42 Å². The summed E-state index contributed by atoms with van der Waals surface area (Å²) in [7, 11) is -1.01. The zero-order chi connectivity index (χ0) is 12.5. The topological polar surface area (TPSA) is 75.8 Å². The molecule has 1 aliphatic carbocycles. The van der Waals surface area contributed by atoms with Crippen molar-refractivity contribution in [2.45, 2.75) is 43.4 Å². The number of aliphatic imine (C=N–C) groups is 1. The summed E-state index contributed by atoms with van der Waals surface area (Å²) in [4.78, 5) is 6.20. The predicted molar refractivity (Wildman–Crippen MR) is 68.7 cm³/mol. The molecule has 17 heavy (non-hydrogen) atoms. The fourth-order valence-electron chi connectivity index (χ4n) is 2.18. The van der Waals surface area contributed by atoms with Crippen molar-refractivity contribution in [3.63, 3.8) is 0 Å². The zero-order valence-electron chi connectivity index (χ0n) is 10.3. The van der Waals surface area contributed by atoms with Crippen molar-refractivity contribution in [2.24, 2.45) is 10.7 Å². The van der Waals surface area contributed by atoms with Gasteiger partial charge in [0.2, 0.25) is 0 Å². The number of rotatable bonds is 3. The molecule has 6 heteroatoms. The molecule has 98 valence electrons. The van der Waals surface area contributed by atoms with Gasteiger partial charge in [0.1, 0.15) is 0 Å². The first-order valence-electron chi connectivity index (χ1n) is 6.25. The van der Waals surface area contributed by atoms with E-state index in [9.17, 15) is 8.42 Å². The maximum Gasteiger partial charge on any atom is 0.191 e. The van der Waals surface area contributed by atoms with Crippen LogP contribution in [0.3, 0.4) is 0 Å². The minimum absolute atomic E-state index is 0.311. The Balaban J connectivity index is 1.93. The van der Waals surface area contributed by atoms with Gasteiger partial charge in [0.05, 0.1) is 17.5 Å². The molecule has 1 unspecified atom stereocenters. The third-order valence-electron chi connectivity index (χ3n) is 3.63. The maximum atomic E-state index is 11.8. The monoisotopic (exact) mass is 259 g/mol. The molecular formula is C11H21N3O2S. The first-order valence-corrected chi connectivity index (χ1v) is 7.96. The molecule has 2 N–H and O–H groups in total. The average Bonchev–Trinajstić information content (AvgIpc) is 3.09. The van der Waals surface area contributed by atoms with Crippen molar-refractivity contribution in [3.05, 3.63) is 0 Å². The van der Waals surface area contributed by atoms with Gasteiger partial charge in [-0.25, -0.2) is 8.42 Å². The molecule has 2 fully saturated rings. The summed E-state index contributed by atoms with van der Waals surface area (Å²) in [5.74, 6) is 0.791. The summed E-state index contributed by atoms with van der Waals surface area (Å²) in [5, 5.41) is -0.317. The predicted octanol–water partition coefficient (Wildman–Crippen LogP) is 0.363. The summed E-state index contributed by atoms with van der Waals surface area (Å²) in [6.07, 6.45) is 4.83. The molecule has 1 saturated carbocycles.